The Balaban J connectivity index is 1.69. The first kappa shape index (κ1) is 10.8. The molecule has 16 heavy (non-hydrogen) atoms. The minimum absolute atomic E-state index is 0.911. The van der Waals surface area contributed by atoms with Crippen LogP contribution in [0.15, 0.2) is 22.4 Å². The van der Waals surface area contributed by atoms with E-state index < -0.39 is 8.07 Å². The highest BCUT2D eigenvalue weighted by atomic mass is 28.3. The molecule has 0 amide bonds. The van der Waals surface area contributed by atoms with Crippen LogP contribution in [0.25, 0.3) is 0 Å². The van der Waals surface area contributed by atoms with E-state index >= 15 is 0 Å². The molecular weight excluding hydrogens is 208 g/mol. The second-order valence-corrected chi connectivity index (χ2v) is 12.3. The van der Waals surface area contributed by atoms with Gasteiger partial charge in [-0.3, -0.25) is 0 Å². The molecule has 0 heterocycles. The van der Waals surface area contributed by atoms with Gasteiger partial charge in [-0.15, -0.1) is 0 Å². The second kappa shape index (κ2) is 3.35. The summed E-state index contributed by atoms with van der Waals surface area (Å²) in [5, 5.41) is 1.89. The van der Waals surface area contributed by atoms with Gasteiger partial charge in [-0.05, 0) is 50.4 Å². The van der Waals surface area contributed by atoms with Gasteiger partial charge in [-0.2, -0.15) is 0 Å². The smallest absolute Gasteiger partial charge is 0.0728 e. The van der Waals surface area contributed by atoms with Crippen LogP contribution in [-0.2, 0) is 0 Å². The molecule has 0 radical (unpaired) electrons. The van der Waals surface area contributed by atoms with Crippen molar-refractivity contribution in [3.63, 3.8) is 0 Å². The van der Waals surface area contributed by atoms with Gasteiger partial charge in [0, 0.05) is 0 Å². The summed E-state index contributed by atoms with van der Waals surface area (Å²) in [6.07, 6.45) is 8.42. The van der Waals surface area contributed by atoms with Crippen molar-refractivity contribution in [2.75, 3.05) is 0 Å². The maximum atomic E-state index is 2.61. The molecule has 1 saturated carbocycles. The van der Waals surface area contributed by atoms with E-state index in [9.17, 15) is 0 Å². The van der Waals surface area contributed by atoms with Gasteiger partial charge in [0.15, 0.2) is 0 Å². The average molecular weight is 232 g/mol. The van der Waals surface area contributed by atoms with Crippen LogP contribution in [0.2, 0.25) is 19.6 Å². The normalized spacial score (nSPS) is 37.0. The molecule has 4 aliphatic carbocycles. The maximum absolute atomic E-state index is 2.61. The molecule has 88 valence electrons. The third-order valence-corrected chi connectivity index (χ3v) is 7.32. The minimum Gasteiger partial charge on any atom is -0.0816 e. The molecule has 2 bridgehead atoms. The molecule has 0 nitrogen and oxygen atoms in total. The molecule has 0 aromatic carbocycles. The molecular formula is C15H24Si. The Kier molecular flexibility index (Phi) is 2.27. The molecule has 0 N–H and O–H groups in total. The summed E-state index contributed by atoms with van der Waals surface area (Å²) in [5.41, 5.74) is 3.54. The molecule has 4 rings (SSSR count). The van der Waals surface area contributed by atoms with Gasteiger partial charge in [0.1, 0.15) is 0 Å². The fraction of sp³-hybridized carbons (Fsp3) is 0.733. The zero-order chi connectivity index (χ0) is 11.5. The van der Waals surface area contributed by atoms with Gasteiger partial charge in [0.2, 0.25) is 0 Å². The molecule has 1 heteroatoms. The Hall–Kier alpha value is -0.303. The van der Waals surface area contributed by atoms with Crippen LogP contribution in [0, 0.1) is 17.8 Å². The predicted molar refractivity (Wildman–Crippen MR) is 73.1 cm³/mol. The average Bonchev–Trinajstić information content (AvgIpc) is 2.78. The summed E-state index contributed by atoms with van der Waals surface area (Å²) in [6, 6.07) is 0. The van der Waals surface area contributed by atoms with E-state index in [2.05, 4.69) is 32.6 Å². The van der Waals surface area contributed by atoms with Crippen LogP contribution in [0.1, 0.15) is 32.6 Å². The summed E-state index contributed by atoms with van der Waals surface area (Å²) < 4.78 is 0. The Morgan fingerprint density at radius 3 is 2.44 bits per heavy atom. The van der Waals surface area contributed by atoms with Crippen LogP contribution < -0.4 is 0 Å². The SMILES string of the molecule is CC1=C[C@@H](CC2=C([Si](C)(C)C)C2)C2CC1C2. The van der Waals surface area contributed by atoms with E-state index in [0.29, 0.717) is 0 Å². The zero-order valence-electron chi connectivity index (χ0n) is 11.1. The highest BCUT2D eigenvalue weighted by Crippen LogP contribution is 2.52. The molecule has 1 fully saturated rings. The first-order valence-corrected chi connectivity index (χ1v) is 10.3. The molecule has 0 saturated heterocycles. The third-order valence-electron chi connectivity index (χ3n) is 4.98. The third kappa shape index (κ3) is 1.73. The van der Waals surface area contributed by atoms with Crippen molar-refractivity contribution >= 4 is 8.07 Å². The Morgan fingerprint density at radius 1 is 1.25 bits per heavy atom. The zero-order valence-corrected chi connectivity index (χ0v) is 12.1. The summed E-state index contributed by atoms with van der Waals surface area (Å²) in [4.78, 5) is 0. The van der Waals surface area contributed by atoms with Crippen molar-refractivity contribution in [1.82, 2.24) is 0 Å². The van der Waals surface area contributed by atoms with Crippen molar-refractivity contribution in [1.29, 1.82) is 0 Å². The van der Waals surface area contributed by atoms with Crippen LogP contribution >= 0.6 is 0 Å². The first-order valence-electron chi connectivity index (χ1n) is 6.85. The standard InChI is InChI=1S/C15H24Si/c1-10-5-12(13-6-11(10)7-13)8-14-9-15(14)16(2,3)4/h5,11-13H,6-9H2,1-4H3/t11?,12-,13?/m0/s1. The lowest BCUT2D eigenvalue weighted by Crippen LogP contribution is -2.34. The summed E-state index contributed by atoms with van der Waals surface area (Å²) in [7, 11) is -0.938. The van der Waals surface area contributed by atoms with E-state index in [1.807, 2.05) is 10.8 Å². The van der Waals surface area contributed by atoms with Crippen LogP contribution in [-0.4, -0.2) is 8.07 Å². The summed E-state index contributed by atoms with van der Waals surface area (Å²) in [5.74, 6) is 2.93. The molecule has 1 atom stereocenters. The molecule has 0 aliphatic heterocycles. The highest BCUT2D eigenvalue weighted by Gasteiger charge is 2.41. The minimum atomic E-state index is -0.938. The molecule has 0 unspecified atom stereocenters. The van der Waals surface area contributed by atoms with Crippen LogP contribution in [0.5, 0.6) is 0 Å². The van der Waals surface area contributed by atoms with Crippen molar-refractivity contribution in [2.45, 2.75) is 52.2 Å². The largest absolute Gasteiger partial charge is 0.0816 e. The van der Waals surface area contributed by atoms with E-state index in [1.54, 1.807) is 5.57 Å². The van der Waals surface area contributed by atoms with Crippen molar-refractivity contribution < 1.29 is 0 Å². The lowest BCUT2D eigenvalue weighted by Gasteiger charge is -2.45. The lowest BCUT2D eigenvalue weighted by molar-refractivity contribution is 0.150. The Bertz CT molecular complexity index is 375. The van der Waals surface area contributed by atoms with Crippen molar-refractivity contribution in [3.8, 4) is 0 Å². The van der Waals surface area contributed by atoms with Gasteiger partial charge < -0.3 is 0 Å². The van der Waals surface area contributed by atoms with Crippen LogP contribution in [0.3, 0.4) is 0 Å². The van der Waals surface area contributed by atoms with Gasteiger partial charge in [-0.1, -0.05) is 42.1 Å². The van der Waals surface area contributed by atoms with E-state index in [4.69, 9.17) is 0 Å². The lowest BCUT2D eigenvalue weighted by atomic mass is 9.60. The molecule has 0 aromatic rings. The van der Waals surface area contributed by atoms with E-state index in [-0.39, 0.29) is 0 Å². The number of rotatable bonds is 3. The van der Waals surface area contributed by atoms with Crippen LogP contribution in [0.4, 0.5) is 0 Å². The van der Waals surface area contributed by atoms with Gasteiger partial charge in [0.05, 0.1) is 8.07 Å². The maximum Gasteiger partial charge on any atom is 0.0728 e. The van der Waals surface area contributed by atoms with E-state index in [0.717, 1.165) is 17.8 Å². The number of hydrogen-bond donors (Lipinski definition) is 0. The van der Waals surface area contributed by atoms with Crippen molar-refractivity contribution in [2.24, 2.45) is 17.8 Å². The van der Waals surface area contributed by atoms with Gasteiger partial charge in [-0.25, -0.2) is 0 Å². The fourth-order valence-electron chi connectivity index (χ4n) is 3.66. The number of hydrogen-bond acceptors (Lipinski definition) is 0. The summed E-state index contributed by atoms with van der Waals surface area (Å²) >= 11 is 0. The van der Waals surface area contributed by atoms with Gasteiger partial charge >= 0.3 is 0 Å². The predicted octanol–water partition coefficient (Wildman–Crippen LogP) is 4.56. The number of fused-ring (bicyclic) bond motifs is 1. The second-order valence-electron chi connectivity index (χ2n) is 7.22. The highest BCUT2D eigenvalue weighted by molar-refractivity contribution is 6.84. The van der Waals surface area contributed by atoms with E-state index in [1.165, 1.54) is 25.7 Å². The molecule has 4 aliphatic rings. The topological polar surface area (TPSA) is 0 Å². The van der Waals surface area contributed by atoms with Gasteiger partial charge in [0.25, 0.3) is 0 Å². The number of allylic oxidation sites excluding steroid dienone is 4. The first-order chi connectivity index (χ1) is 7.45. The summed E-state index contributed by atoms with van der Waals surface area (Å²) in [6.45, 7) is 9.84. The monoisotopic (exact) mass is 232 g/mol. The Labute approximate surface area is 101 Å². The quantitative estimate of drug-likeness (QED) is 0.494. The van der Waals surface area contributed by atoms with Crippen molar-refractivity contribution in [3.05, 3.63) is 22.4 Å². The Morgan fingerprint density at radius 2 is 1.94 bits per heavy atom. The fourth-order valence-corrected chi connectivity index (χ4v) is 5.57. The molecule has 0 spiro atoms. The molecule has 0 aromatic heterocycles.